The van der Waals surface area contributed by atoms with E-state index in [2.05, 4.69) is 10.1 Å². The molecular formula is C9H14Cl3NO3. The zero-order valence-electron chi connectivity index (χ0n) is 9.44. The Hall–Kier alpha value is -0.190. The van der Waals surface area contributed by atoms with Crippen LogP contribution in [0.2, 0.25) is 0 Å². The number of esters is 1. The number of hydrogen-bond donors (Lipinski definition) is 1. The van der Waals surface area contributed by atoms with Gasteiger partial charge in [0.1, 0.15) is 6.04 Å². The molecule has 0 unspecified atom stereocenters. The summed E-state index contributed by atoms with van der Waals surface area (Å²) in [5.74, 6) is -1.45. The van der Waals surface area contributed by atoms with Crippen LogP contribution in [-0.4, -0.2) is 28.8 Å². The molecule has 4 nitrogen and oxygen atoms in total. The summed E-state index contributed by atoms with van der Waals surface area (Å²) in [6.07, 6.45) is 0. The maximum absolute atomic E-state index is 11.5. The Morgan fingerprint density at radius 3 is 1.88 bits per heavy atom. The van der Waals surface area contributed by atoms with Gasteiger partial charge in [0.25, 0.3) is 9.70 Å². The number of ether oxygens (including phenoxy) is 1. The number of nitrogens with one attached hydrogen (secondary N) is 1. The molecule has 0 radical (unpaired) electrons. The standard InChI is InChI=1S/C9H14Cl3NO3/c1-8(2,3)5(6(14)16-4)13-7(15)9(10,11)12/h5H,1-4H3,(H,13,15)/t5-/m1/s1. The maximum Gasteiger partial charge on any atom is 0.328 e. The fraction of sp³-hybridized carbons (Fsp3) is 0.778. The fourth-order valence-electron chi connectivity index (χ4n) is 0.960. The first kappa shape index (κ1) is 15.8. The highest BCUT2D eigenvalue weighted by Crippen LogP contribution is 2.28. The summed E-state index contributed by atoms with van der Waals surface area (Å²) in [4.78, 5) is 22.9. The largest absolute Gasteiger partial charge is 0.467 e. The molecular weight excluding hydrogens is 276 g/mol. The molecule has 0 aromatic carbocycles. The Bertz CT molecular complexity index is 281. The van der Waals surface area contributed by atoms with Gasteiger partial charge in [0, 0.05) is 0 Å². The number of carbonyl (C=O) groups excluding carboxylic acids is 2. The third-order valence-electron chi connectivity index (χ3n) is 1.84. The molecule has 94 valence electrons. The molecule has 0 saturated heterocycles. The molecule has 1 N–H and O–H groups in total. The van der Waals surface area contributed by atoms with Crippen LogP contribution in [0.4, 0.5) is 0 Å². The van der Waals surface area contributed by atoms with Crippen molar-refractivity contribution < 1.29 is 14.3 Å². The van der Waals surface area contributed by atoms with Crippen LogP contribution < -0.4 is 5.32 Å². The molecule has 0 aliphatic heterocycles. The molecule has 0 spiro atoms. The molecule has 1 amide bonds. The Labute approximate surface area is 110 Å². The van der Waals surface area contributed by atoms with E-state index in [4.69, 9.17) is 34.8 Å². The lowest BCUT2D eigenvalue weighted by atomic mass is 9.87. The van der Waals surface area contributed by atoms with Gasteiger partial charge < -0.3 is 10.1 Å². The smallest absolute Gasteiger partial charge is 0.328 e. The lowest BCUT2D eigenvalue weighted by Gasteiger charge is -2.29. The average Bonchev–Trinajstić information content (AvgIpc) is 2.09. The topological polar surface area (TPSA) is 55.4 Å². The maximum atomic E-state index is 11.5. The second kappa shape index (κ2) is 5.43. The highest BCUT2D eigenvalue weighted by atomic mass is 35.6. The van der Waals surface area contributed by atoms with Crippen molar-refractivity contribution >= 4 is 46.7 Å². The van der Waals surface area contributed by atoms with E-state index in [0.717, 1.165) is 0 Å². The monoisotopic (exact) mass is 289 g/mol. The highest BCUT2D eigenvalue weighted by molar-refractivity contribution is 6.76. The van der Waals surface area contributed by atoms with Gasteiger partial charge in [-0.25, -0.2) is 4.79 Å². The van der Waals surface area contributed by atoms with E-state index in [0.29, 0.717) is 0 Å². The van der Waals surface area contributed by atoms with Gasteiger partial charge in [-0.15, -0.1) is 0 Å². The van der Waals surface area contributed by atoms with Crippen LogP contribution in [-0.2, 0) is 14.3 Å². The molecule has 0 saturated carbocycles. The van der Waals surface area contributed by atoms with Gasteiger partial charge in [-0.3, -0.25) is 4.79 Å². The van der Waals surface area contributed by atoms with Crippen molar-refractivity contribution in [1.29, 1.82) is 0 Å². The minimum Gasteiger partial charge on any atom is -0.467 e. The molecule has 0 aliphatic rings. The zero-order valence-corrected chi connectivity index (χ0v) is 11.7. The van der Waals surface area contributed by atoms with Crippen molar-refractivity contribution in [1.82, 2.24) is 5.32 Å². The van der Waals surface area contributed by atoms with E-state index < -0.39 is 27.1 Å². The molecule has 0 aromatic rings. The summed E-state index contributed by atoms with van der Waals surface area (Å²) >= 11 is 16.2. The molecule has 0 bridgehead atoms. The van der Waals surface area contributed by atoms with Gasteiger partial charge in [0.05, 0.1) is 7.11 Å². The van der Waals surface area contributed by atoms with Crippen LogP contribution in [0, 0.1) is 5.41 Å². The van der Waals surface area contributed by atoms with Crippen LogP contribution in [0.5, 0.6) is 0 Å². The Morgan fingerprint density at radius 2 is 1.62 bits per heavy atom. The summed E-state index contributed by atoms with van der Waals surface area (Å²) in [5, 5.41) is 2.34. The van der Waals surface area contributed by atoms with Gasteiger partial charge in [0.2, 0.25) is 0 Å². The van der Waals surface area contributed by atoms with Crippen molar-refractivity contribution in [3.63, 3.8) is 0 Å². The third-order valence-corrected chi connectivity index (χ3v) is 2.35. The second-order valence-electron chi connectivity index (χ2n) is 4.29. The number of methoxy groups -OCH3 is 1. The van der Waals surface area contributed by atoms with Crippen molar-refractivity contribution in [2.45, 2.75) is 30.6 Å². The summed E-state index contributed by atoms with van der Waals surface area (Å²) in [7, 11) is 1.22. The van der Waals surface area contributed by atoms with Crippen LogP contribution >= 0.6 is 34.8 Å². The summed E-state index contributed by atoms with van der Waals surface area (Å²) < 4.78 is 2.47. The quantitative estimate of drug-likeness (QED) is 0.625. The predicted molar refractivity (Wildman–Crippen MR) is 63.7 cm³/mol. The van der Waals surface area contributed by atoms with Gasteiger partial charge in [-0.2, -0.15) is 0 Å². The van der Waals surface area contributed by atoms with E-state index in [1.807, 2.05) is 0 Å². The molecule has 0 fully saturated rings. The van der Waals surface area contributed by atoms with Crippen molar-refractivity contribution in [2.75, 3.05) is 7.11 Å². The normalized spacial score (nSPS) is 14.2. The van der Waals surface area contributed by atoms with Gasteiger partial charge in [-0.1, -0.05) is 55.6 Å². The Balaban J connectivity index is 4.84. The van der Waals surface area contributed by atoms with Gasteiger partial charge in [0.15, 0.2) is 0 Å². The second-order valence-corrected chi connectivity index (χ2v) is 6.57. The molecule has 0 aliphatic carbocycles. The number of rotatable bonds is 2. The Kier molecular flexibility index (Phi) is 5.36. The third kappa shape index (κ3) is 4.76. The fourth-order valence-corrected chi connectivity index (χ4v) is 1.12. The van der Waals surface area contributed by atoms with Crippen molar-refractivity contribution in [3.05, 3.63) is 0 Å². The number of halogens is 3. The summed E-state index contributed by atoms with van der Waals surface area (Å²) in [6, 6.07) is -0.874. The minimum absolute atomic E-state index is 0.543. The van der Waals surface area contributed by atoms with Gasteiger partial charge >= 0.3 is 5.97 Å². The van der Waals surface area contributed by atoms with E-state index in [1.165, 1.54) is 7.11 Å². The van der Waals surface area contributed by atoms with E-state index in [9.17, 15) is 9.59 Å². The van der Waals surface area contributed by atoms with Crippen LogP contribution in [0.3, 0.4) is 0 Å². The average molecular weight is 291 g/mol. The molecule has 7 heteroatoms. The Morgan fingerprint density at radius 1 is 1.19 bits per heavy atom. The van der Waals surface area contributed by atoms with Crippen LogP contribution in [0.15, 0.2) is 0 Å². The van der Waals surface area contributed by atoms with Crippen molar-refractivity contribution in [3.8, 4) is 0 Å². The molecule has 1 atom stereocenters. The first-order chi connectivity index (χ1) is 7.00. The number of hydrogen-bond acceptors (Lipinski definition) is 3. The van der Waals surface area contributed by atoms with Gasteiger partial charge in [-0.05, 0) is 5.41 Å². The zero-order chi connectivity index (χ0) is 13.1. The summed E-state index contributed by atoms with van der Waals surface area (Å²) in [6.45, 7) is 5.27. The number of amides is 1. The number of carbonyl (C=O) groups is 2. The van der Waals surface area contributed by atoms with E-state index in [-0.39, 0.29) is 0 Å². The van der Waals surface area contributed by atoms with Crippen molar-refractivity contribution in [2.24, 2.45) is 5.41 Å². The van der Waals surface area contributed by atoms with E-state index in [1.54, 1.807) is 20.8 Å². The first-order valence-corrected chi connectivity index (χ1v) is 5.59. The minimum atomic E-state index is -2.10. The molecule has 0 rings (SSSR count). The lowest BCUT2D eigenvalue weighted by molar-refractivity contribution is -0.148. The molecule has 16 heavy (non-hydrogen) atoms. The van der Waals surface area contributed by atoms with E-state index >= 15 is 0 Å². The number of alkyl halides is 3. The molecule has 0 heterocycles. The SMILES string of the molecule is COC(=O)[C@@H](NC(=O)C(Cl)(Cl)Cl)C(C)(C)C. The van der Waals surface area contributed by atoms with Crippen LogP contribution in [0.1, 0.15) is 20.8 Å². The van der Waals surface area contributed by atoms with Crippen LogP contribution in [0.25, 0.3) is 0 Å². The highest BCUT2D eigenvalue weighted by Gasteiger charge is 2.39. The predicted octanol–water partition coefficient (Wildman–Crippen LogP) is 2.06. The molecule has 0 aromatic heterocycles. The summed E-state index contributed by atoms with van der Waals surface area (Å²) in [5.41, 5.74) is -0.543. The first-order valence-electron chi connectivity index (χ1n) is 4.45. The lowest BCUT2D eigenvalue weighted by Crippen LogP contribution is -2.52.